The maximum absolute atomic E-state index is 13.0. The van der Waals surface area contributed by atoms with Crippen LogP contribution in [0.25, 0.3) is 22.1 Å². The van der Waals surface area contributed by atoms with Crippen LogP contribution in [0.5, 0.6) is 17.2 Å². The van der Waals surface area contributed by atoms with Gasteiger partial charge in [0.25, 0.3) is 0 Å². The highest BCUT2D eigenvalue weighted by molar-refractivity contribution is 6.62. The average molecular weight is 390 g/mol. The summed E-state index contributed by atoms with van der Waals surface area (Å²) in [6.45, 7) is 0. The van der Waals surface area contributed by atoms with Gasteiger partial charge in [0.05, 0.1) is 32.3 Å². The number of methoxy groups -OCH3 is 3. The van der Waals surface area contributed by atoms with E-state index in [9.17, 15) is 14.7 Å². The fourth-order valence-corrected chi connectivity index (χ4v) is 3.73. The van der Waals surface area contributed by atoms with E-state index in [4.69, 9.17) is 14.2 Å². The maximum Gasteiger partial charge on any atom is 0.238 e. The van der Waals surface area contributed by atoms with Gasteiger partial charge in [-0.2, -0.15) is 0 Å². The summed E-state index contributed by atoms with van der Waals surface area (Å²) in [6, 6.07) is 13.4. The number of Topliss-reactive ketones (excluding diaryl/α,β-unsaturated/α-hetero) is 2. The third-order valence-electron chi connectivity index (χ3n) is 5.05. The van der Waals surface area contributed by atoms with Gasteiger partial charge in [0, 0.05) is 22.1 Å². The van der Waals surface area contributed by atoms with E-state index in [1.54, 1.807) is 30.3 Å². The Morgan fingerprint density at radius 1 is 0.724 bits per heavy atom. The van der Waals surface area contributed by atoms with Gasteiger partial charge < -0.3 is 19.3 Å². The molecule has 1 N–H and O–H groups in total. The molecule has 29 heavy (non-hydrogen) atoms. The Bertz CT molecular complexity index is 1210. The van der Waals surface area contributed by atoms with Crippen molar-refractivity contribution in [2.45, 2.75) is 0 Å². The molecule has 6 heteroatoms. The lowest BCUT2D eigenvalue weighted by atomic mass is 9.84. The van der Waals surface area contributed by atoms with Crippen LogP contribution in [0, 0.1) is 0 Å². The smallest absolute Gasteiger partial charge is 0.238 e. The van der Waals surface area contributed by atoms with Gasteiger partial charge in [0.15, 0.2) is 0 Å². The van der Waals surface area contributed by atoms with Crippen LogP contribution >= 0.6 is 0 Å². The Kier molecular flexibility index (Phi) is 4.47. The number of benzene rings is 3. The van der Waals surface area contributed by atoms with E-state index in [2.05, 4.69) is 0 Å². The molecule has 3 aromatic carbocycles. The Balaban J connectivity index is 2.14. The van der Waals surface area contributed by atoms with Gasteiger partial charge in [-0.05, 0) is 12.1 Å². The van der Waals surface area contributed by atoms with Crippen molar-refractivity contribution in [3.8, 4) is 17.2 Å². The lowest BCUT2D eigenvalue weighted by molar-refractivity contribution is -0.110. The van der Waals surface area contributed by atoms with Crippen LogP contribution in [-0.4, -0.2) is 38.0 Å². The van der Waals surface area contributed by atoms with Gasteiger partial charge in [-0.25, -0.2) is 0 Å². The van der Waals surface area contributed by atoms with Crippen molar-refractivity contribution in [2.24, 2.45) is 0 Å². The quantitative estimate of drug-likeness (QED) is 0.677. The molecule has 3 aromatic rings. The summed E-state index contributed by atoms with van der Waals surface area (Å²) in [5, 5.41) is 12.2. The van der Waals surface area contributed by atoms with Crippen molar-refractivity contribution < 1.29 is 28.9 Å². The first-order valence-corrected chi connectivity index (χ1v) is 8.87. The van der Waals surface area contributed by atoms with Gasteiger partial charge in [0.2, 0.25) is 11.6 Å². The highest BCUT2D eigenvalue weighted by Gasteiger charge is 2.36. The zero-order valence-corrected chi connectivity index (χ0v) is 16.1. The van der Waals surface area contributed by atoms with Crippen LogP contribution < -0.4 is 14.2 Å². The molecule has 0 atom stereocenters. The summed E-state index contributed by atoms with van der Waals surface area (Å²) >= 11 is 0. The van der Waals surface area contributed by atoms with Crippen LogP contribution in [0.4, 0.5) is 0 Å². The molecule has 0 heterocycles. The number of carbonyl (C=O) groups excluding carboxylic acids is 2. The molecular weight excluding hydrogens is 372 g/mol. The molecule has 0 fully saturated rings. The van der Waals surface area contributed by atoms with Gasteiger partial charge in [-0.3, -0.25) is 9.59 Å². The number of aliphatic hydroxyl groups excluding tert-OH is 1. The summed E-state index contributed by atoms with van der Waals surface area (Å²) in [4.78, 5) is 25.7. The fraction of sp³-hybridized carbons (Fsp3) is 0.130. The Morgan fingerprint density at radius 3 is 2.07 bits per heavy atom. The van der Waals surface area contributed by atoms with Crippen molar-refractivity contribution in [1.29, 1.82) is 0 Å². The second kappa shape index (κ2) is 6.98. The minimum atomic E-state index is -0.809. The molecule has 0 radical (unpaired) electrons. The summed E-state index contributed by atoms with van der Waals surface area (Å²) < 4.78 is 16.6. The number of carbonyl (C=O) groups is 2. The largest absolute Gasteiger partial charge is 0.506 e. The zero-order valence-electron chi connectivity index (χ0n) is 16.1. The number of hydrogen-bond acceptors (Lipinski definition) is 6. The van der Waals surface area contributed by atoms with Gasteiger partial charge in [0.1, 0.15) is 23.0 Å². The number of hydrogen-bond donors (Lipinski definition) is 1. The SMILES string of the molecule is COc1cc(C2=C(O)c3ccccc3C(=O)C2=O)c(OC)c2c(OC)cccc12. The normalized spacial score (nSPS) is 13.5. The molecule has 0 bridgehead atoms. The number of aliphatic hydroxyl groups is 1. The molecule has 4 rings (SSSR count). The first-order chi connectivity index (χ1) is 14.0. The molecule has 1 aliphatic rings. The highest BCUT2D eigenvalue weighted by atomic mass is 16.5. The van der Waals surface area contributed by atoms with Crippen molar-refractivity contribution in [2.75, 3.05) is 21.3 Å². The maximum atomic E-state index is 13.0. The van der Waals surface area contributed by atoms with E-state index < -0.39 is 11.6 Å². The van der Waals surface area contributed by atoms with Crippen molar-refractivity contribution in [1.82, 2.24) is 0 Å². The summed E-state index contributed by atoms with van der Waals surface area (Å²) in [7, 11) is 4.48. The molecule has 0 aliphatic heterocycles. The highest BCUT2D eigenvalue weighted by Crippen LogP contribution is 2.46. The molecule has 6 nitrogen and oxygen atoms in total. The van der Waals surface area contributed by atoms with Crippen LogP contribution in [0.15, 0.2) is 48.5 Å². The number of ketones is 2. The number of fused-ring (bicyclic) bond motifs is 2. The molecule has 0 spiro atoms. The van der Waals surface area contributed by atoms with Crippen LogP contribution in [0.3, 0.4) is 0 Å². The van der Waals surface area contributed by atoms with Crippen LogP contribution in [0.2, 0.25) is 0 Å². The van der Waals surface area contributed by atoms with Gasteiger partial charge in [-0.1, -0.05) is 36.4 Å². The summed E-state index contributed by atoms with van der Waals surface area (Å²) in [5.41, 5.74) is 0.597. The fourth-order valence-electron chi connectivity index (χ4n) is 3.73. The third kappa shape index (κ3) is 2.64. The van der Waals surface area contributed by atoms with Crippen molar-refractivity contribution >= 4 is 33.7 Å². The molecule has 0 amide bonds. The van der Waals surface area contributed by atoms with Crippen LogP contribution in [0.1, 0.15) is 21.5 Å². The van der Waals surface area contributed by atoms with E-state index in [1.165, 1.54) is 27.4 Å². The molecule has 0 aromatic heterocycles. The third-order valence-corrected chi connectivity index (χ3v) is 5.05. The lowest BCUT2D eigenvalue weighted by Gasteiger charge is -2.22. The Morgan fingerprint density at radius 2 is 1.41 bits per heavy atom. The molecule has 146 valence electrons. The number of rotatable bonds is 4. The van der Waals surface area contributed by atoms with E-state index in [1.807, 2.05) is 12.1 Å². The molecular formula is C23H18O6. The molecule has 1 aliphatic carbocycles. The number of ether oxygens (including phenoxy) is 3. The van der Waals surface area contributed by atoms with E-state index in [0.29, 0.717) is 33.6 Å². The number of allylic oxidation sites excluding steroid dienone is 1. The second-order valence-corrected chi connectivity index (χ2v) is 6.47. The van der Waals surface area contributed by atoms with Crippen LogP contribution in [-0.2, 0) is 4.79 Å². The minimum absolute atomic E-state index is 0.128. The predicted octanol–water partition coefficient (Wildman–Crippen LogP) is 4.06. The van der Waals surface area contributed by atoms with Crippen molar-refractivity contribution in [3.05, 3.63) is 65.2 Å². The molecule has 0 saturated carbocycles. The van der Waals surface area contributed by atoms with E-state index in [-0.39, 0.29) is 22.5 Å². The zero-order chi connectivity index (χ0) is 20.7. The Hall–Kier alpha value is -3.80. The van der Waals surface area contributed by atoms with Gasteiger partial charge in [-0.15, -0.1) is 0 Å². The molecule has 0 unspecified atom stereocenters. The monoisotopic (exact) mass is 390 g/mol. The topological polar surface area (TPSA) is 82.1 Å². The summed E-state index contributed by atoms with van der Waals surface area (Å²) in [6.07, 6.45) is 0. The lowest BCUT2D eigenvalue weighted by Crippen LogP contribution is -2.23. The van der Waals surface area contributed by atoms with Crippen molar-refractivity contribution in [3.63, 3.8) is 0 Å². The minimum Gasteiger partial charge on any atom is -0.506 e. The van der Waals surface area contributed by atoms with E-state index in [0.717, 1.165) is 0 Å². The standard InChI is InChI=1S/C23H18O6/c1-27-16-10-6-9-14-17(28-2)11-15(23(29-3)18(14)16)19-20(24)12-7-4-5-8-13(12)21(25)22(19)26/h4-11,24H,1-3H3. The van der Waals surface area contributed by atoms with E-state index >= 15 is 0 Å². The van der Waals surface area contributed by atoms with Gasteiger partial charge >= 0.3 is 0 Å². The first kappa shape index (κ1) is 18.6. The average Bonchev–Trinajstić information content (AvgIpc) is 2.76. The summed E-state index contributed by atoms with van der Waals surface area (Å²) in [5.74, 6) is -0.505. The Labute approximate surface area is 166 Å². The molecule has 0 saturated heterocycles. The predicted molar refractivity (Wildman–Crippen MR) is 109 cm³/mol. The second-order valence-electron chi connectivity index (χ2n) is 6.47. The first-order valence-electron chi connectivity index (χ1n) is 8.87.